The predicted octanol–water partition coefficient (Wildman–Crippen LogP) is 0.697. The summed E-state index contributed by atoms with van der Waals surface area (Å²) in [6.45, 7) is 0.333. The molecule has 1 fully saturated rings. The van der Waals surface area contributed by atoms with Crippen molar-refractivity contribution in [2.45, 2.75) is 51.0 Å². The van der Waals surface area contributed by atoms with Crippen LogP contribution in [0.15, 0.2) is 0 Å². The van der Waals surface area contributed by atoms with Crippen LogP contribution in [0.4, 0.5) is 0 Å². The second-order valence-corrected chi connectivity index (χ2v) is 4.78. The lowest BCUT2D eigenvalue weighted by atomic mass is 9.82. The van der Waals surface area contributed by atoms with Crippen molar-refractivity contribution >= 4 is 24.2 Å². The Morgan fingerprint density at radius 3 is 2.33 bits per heavy atom. The van der Waals surface area contributed by atoms with Crippen LogP contribution in [-0.2, 0) is 9.59 Å². The number of hydrogen-bond acceptors (Lipinski definition) is 3. The van der Waals surface area contributed by atoms with Gasteiger partial charge in [-0.05, 0) is 18.8 Å². The summed E-state index contributed by atoms with van der Waals surface area (Å²) in [6.07, 6.45) is 6.28. The van der Waals surface area contributed by atoms with E-state index in [4.69, 9.17) is 11.5 Å². The maximum Gasteiger partial charge on any atom is 0.221 e. The molecule has 1 unspecified atom stereocenters. The monoisotopic (exact) mass is 277 g/mol. The molecule has 0 saturated heterocycles. The lowest BCUT2D eigenvalue weighted by Gasteiger charge is -2.30. The molecular formula is C12H24ClN3O2. The summed E-state index contributed by atoms with van der Waals surface area (Å²) >= 11 is 0. The maximum absolute atomic E-state index is 11.5. The Kier molecular flexibility index (Phi) is 8.75. The molecule has 0 bridgehead atoms. The predicted molar refractivity (Wildman–Crippen MR) is 73.2 cm³/mol. The van der Waals surface area contributed by atoms with Crippen molar-refractivity contribution < 1.29 is 9.59 Å². The zero-order chi connectivity index (χ0) is 12.7. The number of rotatable bonds is 6. The van der Waals surface area contributed by atoms with Gasteiger partial charge in [0.2, 0.25) is 11.8 Å². The molecule has 1 rings (SSSR count). The van der Waals surface area contributed by atoms with Gasteiger partial charge in [-0.15, -0.1) is 12.4 Å². The highest BCUT2D eigenvalue weighted by Crippen LogP contribution is 2.27. The molecule has 0 spiro atoms. The number of carbonyl (C=O) groups excluding carboxylic acids is 2. The molecular weight excluding hydrogens is 254 g/mol. The van der Waals surface area contributed by atoms with Crippen LogP contribution in [0.25, 0.3) is 0 Å². The number of nitrogens with two attached hydrogens (primary N) is 2. The van der Waals surface area contributed by atoms with Crippen LogP contribution >= 0.6 is 12.4 Å². The smallest absolute Gasteiger partial charge is 0.221 e. The second kappa shape index (κ2) is 9.16. The van der Waals surface area contributed by atoms with E-state index < -0.39 is 0 Å². The van der Waals surface area contributed by atoms with Crippen LogP contribution in [0.1, 0.15) is 44.9 Å². The van der Waals surface area contributed by atoms with Gasteiger partial charge in [-0.2, -0.15) is 0 Å². The molecule has 5 N–H and O–H groups in total. The summed E-state index contributed by atoms with van der Waals surface area (Å²) in [4.78, 5) is 22.6. The van der Waals surface area contributed by atoms with E-state index >= 15 is 0 Å². The highest BCUT2D eigenvalue weighted by atomic mass is 35.5. The first-order valence-electron chi connectivity index (χ1n) is 6.41. The molecule has 1 saturated carbocycles. The quantitative estimate of drug-likeness (QED) is 0.666. The Labute approximate surface area is 114 Å². The Morgan fingerprint density at radius 1 is 1.22 bits per heavy atom. The molecule has 0 aromatic rings. The standard InChI is InChI=1S/C12H23N3O2.ClH/c13-7-6-12(17)15-10(8-11(14)16)9-4-2-1-3-5-9;/h9-10H,1-8,13H2,(H2,14,16)(H,15,17);1H. The molecule has 0 radical (unpaired) electrons. The summed E-state index contributed by atoms with van der Waals surface area (Å²) in [5.41, 5.74) is 10.6. The fraction of sp³-hybridized carbons (Fsp3) is 0.833. The molecule has 6 heteroatoms. The van der Waals surface area contributed by atoms with Gasteiger partial charge >= 0.3 is 0 Å². The van der Waals surface area contributed by atoms with E-state index in [-0.39, 0.29) is 36.7 Å². The second-order valence-electron chi connectivity index (χ2n) is 4.78. The highest BCUT2D eigenvalue weighted by molar-refractivity contribution is 5.85. The lowest BCUT2D eigenvalue weighted by molar-refractivity contribution is -0.123. The van der Waals surface area contributed by atoms with Gasteiger partial charge in [-0.3, -0.25) is 9.59 Å². The van der Waals surface area contributed by atoms with Crippen LogP contribution in [0, 0.1) is 5.92 Å². The first kappa shape index (κ1) is 17.2. The van der Waals surface area contributed by atoms with Crippen LogP contribution in [0.5, 0.6) is 0 Å². The van der Waals surface area contributed by atoms with Gasteiger partial charge in [0.15, 0.2) is 0 Å². The van der Waals surface area contributed by atoms with E-state index in [0.29, 0.717) is 18.9 Å². The third kappa shape index (κ3) is 6.21. The van der Waals surface area contributed by atoms with Crippen molar-refractivity contribution in [1.82, 2.24) is 5.32 Å². The van der Waals surface area contributed by atoms with Crippen LogP contribution < -0.4 is 16.8 Å². The Balaban J connectivity index is 0.00000289. The van der Waals surface area contributed by atoms with Gasteiger partial charge in [0, 0.05) is 25.4 Å². The third-order valence-electron chi connectivity index (χ3n) is 3.36. The molecule has 0 heterocycles. The average molecular weight is 278 g/mol. The van der Waals surface area contributed by atoms with Crippen LogP contribution in [0.3, 0.4) is 0 Å². The maximum atomic E-state index is 11.5. The Bertz CT molecular complexity index is 268. The minimum absolute atomic E-state index is 0. The van der Waals surface area contributed by atoms with E-state index in [2.05, 4.69) is 5.32 Å². The van der Waals surface area contributed by atoms with Gasteiger partial charge in [0.1, 0.15) is 0 Å². The van der Waals surface area contributed by atoms with E-state index in [9.17, 15) is 9.59 Å². The summed E-state index contributed by atoms with van der Waals surface area (Å²) in [5, 5.41) is 2.90. The molecule has 5 nitrogen and oxygen atoms in total. The van der Waals surface area contributed by atoms with Crippen molar-refractivity contribution in [3.63, 3.8) is 0 Å². The van der Waals surface area contributed by atoms with Crippen molar-refractivity contribution in [3.8, 4) is 0 Å². The first-order valence-corrected chi connectivity index (χ1v) is 6.41. The van der Waals surface area contributed by atoms with Gasteiger partial charge in [0.25, 0.3) is 0 Å². The number of amides is 2. The van der Waals surface area contributed by atoms with Gasteiger partial charge < -0.3 is 16.8 Å². The van der Waals surface area contributed by atoms with Gasteiger partial charge in [-0.1, -0.05) is 19.3 Å². The van der Waals surface area contributed by atoms with Gasteiger partial charge in [-0.25, -0.2) is 0 Å². The highest BCUT2D eigenvalue weighted by Gasteiger charge is 2.26. The lowest BCUT2D eigenvalue weighted by Crippen LogP contribution is -2.44. The summed E-state index contributed by atoms with van der Waals surface area (Å²) in [6, 6.07) is -0.105. The molecule has 0 aromatic carbocycles. The Morgan fingerprint density at radius 2 is 1.83 bits per heavy atom. The molecule has 1 aliphatic carbocycles. The van der Waals surface area contributed by atoms with Crippen molar-refractivity contribution in [1.29, 1.82) is 0 Å². The minimum Gasteiger partial charge on any atom is -0.370 e. The van der Waals surface area contributed by atoms with Gasteiger partial charge in [0.05, 0.1) is 0 Å². The number of hydrogen-bond donors (Lipinski definition) is 3. The molecule has 1 atom stereocenters. The average Bonchev–Trinajstić information content (AvgIpc) is 2.29. The Hall–Kier alpha value is -0.810. The zero-order valence-corrected chi connectivity index (χ0v) is 11.5. The van der Waals surface area contributed by atoms with Crippen LogP contribution in [0.2, 0.25) is 0 Å². The van der Waals surface area contributed by atoms with E-state index in [0.717, 1.165) is 12.8 Å². The fourth-order valence-electron chi connectivity index (χ4n) is 2.50. The number of carbonyl (C=O) groups is 2. The fourth-order valence-corrected chi connectivity index (χ4v) is 2.50. The van der Waals surface area contributed by atoms with E-state index in [1.54, 1.807) is 0 Å². The SMILES string of the molecule is Cl.NCCC(=O)NC(CC(N)=O)C1CCCCC1. The molecule has 106 valence electrons. The summed E-state index contributed by atoms with van der Waals surface area (Å²) in [5.74, 6) is -0.0454. The van der Waals surface area contributed by atoms with E-state index in [1.165, 1.54) is 19.3 Å². The number of halogens is 1. The largest absolute Gasteiger partial charge is 0.370 e. The molecule has 0 aliphatic heterocycles. The van der Waals surface area contributed by atoms with E-state index in [1.807, 2.05) is 0 Å². The number of primary amides is 1. The molecule has 2 amide bonds. The molecule has 18 heavy (non-hydrogen) atoms. The topological polar surface area (TPSA) is 98.2 Å². The number of nitrogens with one attached hydrogen (secondary N) is 1. The van der Waals surface area contributed by atoms with Crippen molar-refractivity contribution in [3.05, 3.63) is 0 Å². The third-order valence-corrected chi connectivity index (χ3v) is 3.36. The normalized spacial score (nSPS) is 17.6. The molecule has 0 aromatic heterocycles. The zero-order valence-electron chi connectivity index (χ0n) is 10.7. The first-order chi connectivity index (χ1) is 8.13. The summed E-state index contributed by atoms with van der Waals surface area (Å²) in [7, 11) is 0. The minimum atomic E-state index is -0.353. The molecule has 1 aliphatic rings. The summed E-state index contributed by atoms with van der Waals surface area (Å²) < 4.78 is 0. The van der Waals surface area contributed by atoms with Crippen molar-refractivity contribution in [2.24, 2.45) is 17.4 Å². The van der Waals surface area contributed by atoms with Crippen molar-refractivity contribution in [2.75, 3.05) is 6.54 Å². The van der Waals surface area contributed by atoms with Crippen LogP contribution in [-0.4, -0.2) is 24.4 Å².